The smallest absolute Gasteiger partial charge is 0.393 e. The van der Waals surface area contributed by atoms with Gasteiger partial charge in [-0.15, -0.1) is 0 Å². The molecule has 0 aromatic heterocycles. The molecule has 0 aromatic carbocycles. The summed E-state index contributed by atoms with van der Waals surface area (Å²) >= 11 is 0. The third-order valence-electron chi connectivity index (χ3n) is 4.48. The molecule has 2 aliphatic rings. The molecule has 2 rings (SSSR count). The largest absolute Gasteiger partial charge is 0.411 e. The summed E-state index contributed by atoms with van der Waals surface area (Å²) in [6.07, 6.45) is 1.74. The number of rotatable bonds is 5. The van der Waals surface area contributed by atoms with Gasteiger partial charge in [-0.05, 0) is 32.2 Å². The van der Waals surface area contributed by atoms with Gasteiger partial charge in [-0.3, -0.25) is 4.90 Å². The molecule has 1 aliphatic heterocycles. The van der Waals surface area contributed by atoms with Gasteiger partial charge in [0.25, 0.3) is 0 Å². The van der Waals surface area contributed by atoms with Crippen molar-refractivity contribution in [3.63, 3.8) is 0 Å². The fourth-order valence-corrected chi connectivity index (χ4v) is 3.57. The molecule has 1 saturated heterocycles. The molecule has 0 amide bonds. The minimum absolute atomic E-state index is 0.110. The van der Waals surface area contributed by atoms with Gasteiger partial charge in [-0.25, -0.2) is 0 Å². The fraction of sp³-hybridized carbons (Fsp3) is 1.00. The zero-order valence-corrected chi connectivity index (χ0v) is 11.7. The van der Waals surface area contributed by atoms with Crippen molar-refractivity contribution in [2.45, 2.75) is 56.8 Å². The quantitative estimate of drug-likeness (QED) is 0.791. The molecule has 1 aliphatic carbocycles. The number of hydrogen-bond acceptors (Lipinski definition) is 3. The van der Waals surface area contributed by atoms with E-state index in [1.54, 1.807) is 0 Å². The second-order valence-electron chi connectivity index (χ2n) is 5.93. The standard InChI is InChI=1S/C14H24F3NO2/c15-14(16,17)10-20-9-8-18-7-2-1-5-12(18)11-4-3-6-13(11)19/h11-13,19H,1-10H2. The first-order valence-corrected chi connectivity index (χ1v) is 7.54. The van der Waals surface area contributed by atoms with Crippen molar-refractivity contribution in [2.24, 2.45) is 5.92 Å². The van der Waals surface area contributed by atoms with E-state index in [0.29, 0.717) is 12.6 Å². The third kappa shape index (κ3) is 4.60. The van der Waals surface area contributed by atoms with Crippen molar-refractivity contribution in [1.82, 2.24) is 4.90 Å². The molecular formula is C14H24F3NO2. The lowest BCUT2D eigenvalue weighted by molar-refractivity contribution is -0.175. The van der Waals surface area contributed by atoms with E-state index in [-0.39, 0.29) is 18.6 Å². The lowest BCUT2D eigenvalue weighted by Gasteiger charge is -2.40. The number of nitrogens with zero attached hydrogens (tertiary/aromatic N) is 1. The molecule has 0 bridgehead atoms. The summed E-state index contributed by atoms with van der Waals surface area (Å²) in [7, 11) is 0. The maximum Gasteiger partial charge on any atom is 0.411 e. The predicted octanol–water partition coefficient (Wildman–Crippen LogP) is 2.58. The molecule has 0 spiro atoms. The Morgan fingerprint density at radius 2 is 1.90 bits per heavy atom. The maximum atomic E-state index is 12.0. The van der Waals surface area contributed by atoms with Gasteiger partial charge < -0.3 is 9.84 Å². The Balaban J connectivity index is 1.78. The summed E-state index contributed by atoms with van der Waals surface area (Å²) in [5.41, 5.74) is 0. The second kappa shape index (κ2) is 7.09. The third-order valence-corrected chi connectivity index (χ3v) is 4.48. The van der Waals surface area contributed by atoms with Crippen LogP contribution in [0.4, 0.5) is 13.2 Å². The predicted molar refractivity (Wildman–Crippen MR) is 69.4 cm³/mol. The van der Waals surface area contributed by atoms with Gasteiger partial charge >= 0.3 is 6.18 Å². The van der Waals surface area contributed by atoms with Gasteiger partial charge in [-0.1, -0.05) is 12.8 Å². The number of aliphatic hydroxyl groups is 1. The summed E-state index contributed by atoms with van der Waals surface area (Å²) in [4.78, 5) is 2.22. The van der Waals surface area contributed by atoms with Crippen LogP contribution in [0, 0.1) is 5.92 Å². The van der Waals surface area contributed by atoms with E-state index >= 15 is 0 Å². The maximum absolute atomic E-state index is 12.0. The highest BCUT2D eigenvalue weighted by Gasteiger charge is 2.36. The first-order chi connectivity index (χ1) is 9.47. The summed E-state index contributed by atoms with van der Waals surface area (Å²) in [5.74, 6) is 0.290. The van der Waals surface area contributed by atoms with E-state index in [2.05, 4.69) is 4.90 Å². The van der Waals surface area contributed by atoms with Crippen LogP contribution in [-0.2, 0) is 4.74 Å². The highest BCUT2D eigenvalue weighted by molar-refractivity contribution is 4.90. The normalized spacial score (nSPS) is 32.7. The molecule has 3 nitrogen and oxygen atoms in total. The average molecular weight is 295 g/mol. The van der Waals surface area contributed by atoms with Crippen molar-refractivity contribution >= 4 is 0 Å². The van der Waals surface area contributed by atoms with Crippen molar-refractivity contribution in [1.29, 1.82) is 0 Å². The van der Waals surface area contributed by atoms with Crippen LogP contribution in [0.2, 0.25) is 0 Å². The topological polar surface area (TPSA) is 32.7 Å². The van der Waals surface area contributed by atoms with Gasteiger partial charge in [0.1, 0.15) is 6.61 Å². The minimum Gasteiger partial charge on any atom is -0.393 e. The molecule has 2 fully saturated rings. The Kier molecular flexibility index (Phi) is 5.69. The van der Waals surface area contributed by atoms with Crippen LogP contribution >= 0.6 is 0 Å². The van der Waals surface area contributed by atoms with Gasteiger partial charge in [-0.2, -0.15) is 13.2 Å². The molecule has 1 heterocycles. The van der Waals surface area contributed by atoms with E-state index in [9.17, 15) is 18.3 Å². The van der Waals surface area contributed by atoms with Crippen LogP contribution in [0.15, 0.2) is 0 Å². The number of ether oxygens (including phenoxy) is 1. The molecule has 3 atom stereocenters. The van der Waals surface area contributed by atoms with Crippen LogP contribution in [-0.4, -0.2) is 54.6 Å². The van der Waals surface area contributed by atoms with E-state index < -0.39 is 12.8 Å². The first kappa shape index (κ1) is 16.0. The number of aliphatic hydroxyl groups excluding tert-OH is 1. The van der Waals surface area contributed by atoms with Gasteiger partial charge in [0.15, 0.2) is 0 Å². The summed E-state index contributed by atoms with van der Waals surface area (Å²) < 4.78 is 40.8. The van der Waals surface area contributed by atoms with E-state index in [0.717, 1.165) is 45.1 Å². The van der Waals surface area contributed by atoms with Crippen LogP contribution in [0.3, 0.4) is 0 Å². The molecular weight excluding hydrogens is 271 g/mol. The molecule has 118 valence electrons. The Hall–Kier alpha value is -0.330. The Morgan fingerprint density at radius 1 is 1.10 bits per heavy atom. The molecule has 0 radical (unpaired) electrons. The average Bonchev–Trinajstić information content (AvgIpc) is 2.80. The molecule has 20 heavy (non-hydrogen) atoms. The van der Waals surface area contributed by atoms with Crippen LogP contribution < -0.4 is 0 Å². The summed E-state index contributed by atoms with van der Waals surface area (Å²) in [6.45, 7) is 0.379. The molecule has 3 unspecified atom stereocenters. The lowest BCUT2D eigenvalue weighted by atomic mass is 9.88. The number of halogens is 3. The zero-order valence-electron chi connectivity index (χ0n) is 11.7. The van der Waals surface area contributed by atoms with Crippen LogP contribution in [0.25, 0.3) is 0 Å². The number of piperidine rings is 1. The van der Waals surface area contributed by atoms with E-state index in [1.807, 2.05) is 0 Å². The van der Waals surface area contributed by atoms with Gasteiger partial charge in [0.05, 0.1) is 12.7 Å². The van der Waals surface area contributed by atoms with E-state index in [1.165, 1.54) is 0 Å². The van der Waals surface area contributed by atoms with Crippen LogP contribution in [0.1, 0.15) is 38.5 Å². The monoisotopic (exact) mass is 295 g/mol. The SMILES string of the molecule is OC1CCCC1C1CCCCN1CCOCC(F)(F)F. The Morgan fingerprint density at radius 3 is 2.55 bits per heavy atom. The number of hydrogen-bond donors (Lipinski definition) is 1. The van der Waals surface area contributed by atoms with Crippen molar-refractivity contribution in [3.8, 4) is 0 Å². The Labute approximate surface area is 118 Å². The molecule has 1 saturated carbocycles. The summed E-state index contributed by atoms with van der Waals surface area (Å²) in [6, 6.07) is 0.315. The first-order valence-electron chi connectivity index (χ1n) is 7.54. The number of likely N-dealkylation sites (tertiary alicyclic amines) is 1. The van der Waals surface area contributed by atoms with E-state index in [4.69, 9.17) is 4.74 Å². The molecule has 0 aromatic rings. The minimum atomic E-state index is -4.25. The fourth-order valence-electron chi connectivity index (χ4n) is 3.57. The lowest BCUT2D eigenvalue weighted by Crippen LogP contribution is -2.47. The summed E-state index contributed by atoms with van der Waals surface area (Å²) in [5, 5.41) is 10.0. The van der Waals surface area contributed by atoms with Crippen molar-refractivity contribution in [3.05, 3.63) is 0 Å². The molecule has 1 N–H and O–H groups in total. The molecule has 6 heteroatoms. The zero-order chi connectivity index (χ0) is 14.6. The number of alkyl halides is 3. The van der Waals surface area contributed by atoms with Gasteiger partial charge in [0.2, 0.25) is 0 Å². The van der Waals surface area contributed by atoms with Crippen LogP contribution in [0.5, 0.6) is 0 Å². The van der Waals surface area contributed by atoms with Gasteiger partial charge in [0, 0.05) is 18.5 Å². The highest BCUT2D eigenvalue weighted by Crippen LogP contribution is 2.35. The van der Waals surface area contributed by atoms with Crippen molar-refractivity contribution < 1.29 is 23.0 Å². The second-order valence-corrected chi connectivity index (χ2v) is 5.93. The Bertz CT molecular complexity index is 299. The van der Waals surface area contributed by atoms with Crippen molar-refractivity contribution in [2.75, 3.05) is 26.3 Å². The highest BCUT2D eigenvalue weighted by atomic mass is 19.4.